The molecule has 27 heavy (non-hydrogen) atoms. The fourth-order valence-electron chi connectivity index (χ4n) is 3.41. The van der Waals surface area contributed by atoms with Gasteiger partial charge in [0.2, 0.25) is 5.91 Å². The maximum atomic E-state index is 12.3. The van der Waals surface area contributed by atoms with E-state index < -0.39 is 0 Å². The van der Waals surface area contributed by atoms with Gasteiger partial charge in [-0.15, -0.1) is 0 Å². The number of amides is 2. The number of carbonyl (C=O) groups is 2. The van der Waals surface area contributed by atoms with Gasteiger partial charge in [-0.25, -0.2) is 0 Å². The van der Waals surface area contributed by atoms with Gasteiger partial charge >= 0.3 is 0 Å². The molecule has 136 valence electrons. The molecule has 0 unspecified atom stereocenters. The van der Waals surface area contributed by atoms with E-state index in [4.69, 9.17) is 4.42 Å². The number of furan rings is 1. The van der Waals surface area contributed by atoms with E-state index in [2.05, 4.69) is 11.4 Å². The van der Waals surface area contributed by atoms with Crippen LogP contribution >= 0.6 is 0 Å². The minimum atomic E-state index is -0.135. The summed E-state index contributed by atoms with van der Waals surface area (Å²) < 4.78 is 5.22. The smallest absolute Gasteiger partial charge is 0.251 e. The van der Waals surface area contributed by atoms with E-state index in [-0.39, 0.29) is 11.8 Å². The van der Waals surface area contributed by atoms with Crippen LogP contribution in [0.4, 0.5) is 5.69 Å². The van der Waals surface area contributed by atoms with Crippen LogP contribution in [0.2, 0.25) is 0 Å². The molecule has 0 spiro atoms. The molecule has 2 aromatic carbocycles. The van der Waals surface area contributed by atoms with Crippen molar-refractivity contribution in [3.05, 3.63) is 77.7 Å². The molecule has 4 rings (SSSR count). The van der Waals surface area contributed by atoms with Crippen molar-refractivity contribution < 1.29 is 14.0 Å². The highest BCUT2D eigenvalue weighted by molar-refractivity contribution is 5.95. The zero-order valence-electron chi connectivity index (χ0n) is 15.1. The van der Waals surface area contributed by atoms with Gasteiger partial charge in [-0.05, 0) is 59.5 Å². The molecule has 2 amide bonds. The summed E-state index contributed by atoms with van der Waals surface area (Å²) in [5.74, 6) is 0.660. The van der Waals surface area contributed by atoms with Crippen molar-refractivity contribution in [2.45, 2.75) is 19.9 Å². The lowest BCUT2D eigenvalue weighted by Crippen LogP contribution is -2.25. The highest BCUT2D eigenvalue weighted by Gasteiger charge is 2.22. The number of hydrogen-bond donors (Lipinski definition) is 1. The van der Waals surface area contributed by atoms with Crippen molar-refractivity contribution in [2.75, 3.05) is 11.4 Å². The number of anilines is 1. The first kappa shape index (κ1) is 17.1. The molecule has 1 N–H and O–H groups in total. The molecule has 5 nitrogen and oxygen atoms in total. The van der Waals surface area contributed by atoms with Crippen molar-refractivity contribution >= 4 is 17.5 Å². The highest BCUT2D eigenvalue weighted by Crippen LogP contribution is 2.32. The topological polar surface area (TPSA) is 62.6 Å². The summed E-state index contributed by atoms with van der Waals surface area (Å²) in [6.07, 6.45) is 2.46. The summed E-state index contributed by atoms with van der Waals surface area (Å²) in [4.78, 5) is 25.7. The molecule has 0 atom stereocenters. The number of nitrogens with zero attached hydrogens (tertiary/aromatic N) is 1. The van der Waals surface area contributed by atoms with Crippen LogP contribution in [0, 0.1) is 0 Å². The third-order valence-corrected chi connectivity index (χ3v) is 4.84. The van der Waals surface area contributed by atoms with E-state index in [1.807, 2.05) is 47.4 Å². The monoisotopic (exact) mass is 360 g/mol. The minimum absolute atomic E-state index is 0.0754. The van der Waals surface area contributed by atoms with E-state index in [9.17, 15) is 9.59 Å². The van der Waals surface area contributed by atoms with Crippen LogP contribution in [-0.4, -0.2) is 18.4 Å². The van der Waals surface area contributed by atoms with Crippen molar-refractivity contribution in [3.63, 3.8) is 0 Å². The molecule has 3 aromatic rings. The lowest BCUT2D eigenvalue weighted by Gasteiger charge is -2.15. The zero-order chi connectivity index (χ0) is 18.8. The van der Waals surface area contributed by atoms with E-state index in [0.29, 0.717) is 12.1 Å². The molecule has 0 aliphatic carbocycles. The first-order chi connectivity index (χ1) is 13.1. The molecule has 1 aliphatic heterocycles. The number of fused-ring (bicyclic) bond motifs is 1. The van der Waals surface area contributed by atoms with Crippen LogP contribution in [0.25, 0.3) is 11.1 Å². The molecule has 0 radical (unpaired) electrons. The highest BCUT2D eigenvalue weighted by atomic mass is 16.3. The third-order valence-electron chi connectivity index (χ3n) is 4.84. The Morgan fingerprint density at radius 1 is 1.07 bits per heavy atom. The van der Waals surface area contributed by atoms with Crippen LogP contribution in [0.1, 0.15) is 28.6 Å². The van der Waals surface area contributed by atoms with Gasteiger partial charge in [0.05, 0.1) is 12.8 Å². The number of hydrogen-bond acceptors (Lipinski definition) is 3. The Hall–Kier alpha value is -3.34. The van der Waals surface area contributed by atoms with E-state index in [1.54, 1.807) is 19.3 Å². The van der Waals surface area contributed by atoms with Crippen LogP contribution in [-0.2, 0) is 17.8 Å². The van der Waals surface area contributed by atoms with Crippen molar-refractivity contribution in [1.82, 2.24) is 5.32 Å². The van der Waals surface area contributed by atoms with Gasteiger partial charge < -0.3 is 14.6 Å². The molecule has 0 saturated heterocycles. The average Bonchev–Trinajstić information content (AvgIpc) is 3.35. The van der Waals surface area contributed by atoms with Gasteiger partial charge in [0.15, 0.2) is 0 Å². The van der Waals surface area contributed by atoms with Gasteiger partial charge in [0.25, 0.3) is 5.91 Å². The average molecular weight is 360 g/mol. The van der Waals surface area contributed by atoms with Gasteiger partial charge in [-0.1, -0.05) is 18.2 Å². The quantitative estimate of drug-likeness (QED) is 0.770. The molecule has 1 aromatic heterocycles. The summed E-state index contributed by atoms with van der Waals surface area (Å²) in [7, 11) is 0. The molecule has 5 heteroatoms. The standard InChI is InChI=1S/C22H20N2O3/c1-15(25)24-11-10-19-13-18(8-9-21(19)24)16-4-6-17(7-5-16)22(26)23-14-20-3-2-12-27-20/h2-9,12-13H,10-11,14H2,1H3,(H,23,26). The Labute approximate surface area is 157 Å². The third kappa shape index (κ3) is 3.49. The SMILES string of the molecule is CC(=O)N1CCc2cc(-c3ccc(C(=O)NCc4ccco4)cc3)ccc21. The molecule has 1 aliphatic rings. The Kier molecular flexibility index (Phi) is 4.50. The van der Waals surface area contributed by atoms with Crippen LogP contribution in [0.5, 0.6) is 0 Å². The Morgan fingerprint density at radius 2 is 1.85 bits per heavy atom. The van der Waals surface area contributed by atoms with Gasteiger partial charge in [-0.2, -0.15) is 0 Å². The summed E-state index contributed by atoms with van der Waals surface area (Å²) in [6, 6.07) is 17.3. The Bertz CT molecular complexity index is 975. The van der Waals surface area contributed by atoms with Gasteiger partial charge in [0, 0.05) is 24.7 Å². The summed E-state index contributed by atoms with van der Waals surface area (Å²) in [6.45, 7) is 2.70. The second kappa shape index (κ2) is 7.11. The van der Waals surface area contributed by atoms with Gasteiger partial charge in [-0.3, -0.25) is 9.59 Å². The lowest BCUT2D eigenvalue weighted by atomic mass is 10.0. The summed E-state index contributed by atoms with van der Waals surface area (Å²) in [5.41, 5.74) is 4.92. The van der Waals surface area contributed by atoms with E-state index >= 15 is 0 Å². The Balaban J connectivity index is 1.48. The molecule has 0 bridgehead atoms. The van der Waals surface area contributed by atoms with E-state index in [1.165, 1.54) is 5.56 Å². The van der Waals surface area contributed by atoms with Crippen LogP contribution < -0.4 is 10.2 Å². The predicted octanol–water partition coefficient (Wildman–Crippen LogP) is 3.79. The first-order valence-electron chi connectivity index (χ1n) is 8.94. The van der Waals surface area contributed by atoms with Crippen LogP contribution in [0.3, 0.4) is 0 Å². The van der Waals surface area contributed by atoms with E-state index in [0.717, 1.165) is 35.5 Å². The summed E-state index contributed by atoms with van der Waals surface area (Å²) in [5, 5.41) is 2.84. The number of rotatable bonds is 4. The van der Waals surface area contributed by atoms with Crippen LogP contribution in [0.15, 0.2) is 65.3 Å². The maximum absolute atomic E-state index is 12.3. The maximum Gasteiger partial charge on any atom is 0.251 e. The van der Waals surface area contributed by atoms with Gasteiger partial charge in [0.1, 0.15) is 5.76 Å². The molecular formula is C22H20N2O3. The number of benzene rings is 2. The normalized spacial score (nSPS) is 12.7. The molecule has 0 fully saturated rings. The fraction of sp³-hybridized carbons (Fsp3) is 0.182. The van der Waals surface area contributed by atoms with Crippen molar-refractivity contribution in [2.24, 2.45) is 0 Å². The summed E-state index contributed by atoms with van der Waals surface area (Å²) >= 11 is 0. The fourth-order valence-corrected chi connectivity index (χ4v) is 3.41. The first-order valence-corrected chi connectivity index (χ1v) is 8.94. The predicted molar refractivity (Wildman–Crippen MR) is 103 cm³/mol. The van der Waals surface area contributed by atoms with Crippen molar-refractivity contribution in [1.29, 1.82) is 0 Å². The second-order valence-electron chi connectivity index (χ2n) is 6.60. The zero-order valence-corrected chi connectivity index (χ0v) is 15.1. The minimum Gasteiger partial charge on any atom is -0.467 e. The molecule has 2 heterocycles. The number of carbonyl (C=O) groups excluding carboxylic acids is 2. The largest absolute Gasteiger partial charge is 0.467 e. The Morgan fingerprint density at radius 3 is 2.56 bits per heavy atom. The number of nitrogens with one attached hydrogen (secondary N) is 1. The second-order valence-corrected chi connectivity index (χ2v) is 6.60. The van der Waals surface area contributed by atoms with Crippen molar-refractivity contribution in [3.8, 4) is 11.1 Å². The lowest BCUT2D eigenvalue weighted by molar-refractivity contribution is -0.116. The molecule has 0 saturated carbocycles. The molecular weight excluding hydrogens is 340 g/mol.